The third-order valence-electron chi connectivity index (χ3n) is 3.89. The van der Waals surface area contributed by atoms with E-state index in [1.807, 2.05) is 0 Å². The van der Waals surface area contributed by atoms with E-state index >= 15 is 0 Å². The number of nitrogens with zero attached hydrogens (tertiary/aromatic N) is 4. The summed E-state index contributed by atoms with van der Waals surface area (Å²) in [4.78, 5) is 20.3. The van der Waals surface area contributed by atoms with Crippen molar-refractivity contribution in [1.82, 2.24) is 19.9 Å². The molecule has 0 aliphatic carbocycles. The van der Waals surface area contributed by atoms with Gasteiger partial charge in [-0.25, -0.2) is 4.39 Å². The fraction of sp³-hybridized carbons (Fsp3) is 0.400. The van der Waals surface area contributed by atoms with Gasteiger partial charge in [0.2, 0.25) is 5.89 Å². The molecule has 24 heavy (non-hydrogen) atoms. The van der Waals surface area contributed by atoms with E-state index in [1.54, 1.807) is 4.90 Å². The fourth-order valence-corrected chi connectivity index (χ4v) is 2.85. The lowest BCUT2D eigenvalue weighted by Crippen LogP contribution is -2.48. The van der Waals surface area contributed by atoms with Crippen molar-refractivity contribution in [3.63, 3.8) is 0 Å². The monoisotopic (exact) mass is 353 g/mol. The summed E-state index contributed by atoms with van der Waals surface area (Å²) in [5.41, 5.74) is 5.36. The van der Waals surface area contributed by atoms with Gasteiger partial charge in [0.05, 0.1) is 23.7 Å². The van der Waals surface area contributed by atoms with Crippen LogP contribution in [0.5, 0.6) is 0 Å². The predicted molar refractivity (Wildman–Crippen MR) is 84.8 cm³/mol. The Morgan fingerprint density at radius 3 is 2.71 bits per heavy atom. The number of hydrogen-bond acceptors (Lipinski definition) is 6. The average molecular weight is 354 g/mol. The zero-order valence-electron chi connectivity index (χ0n) is 12.9. The van der Waals surface area contributed by atoms with Gasteiger partial charge in [-0.15, -0.1) is 0 Å². The Hall–Kier alpha value is -2.03. The molecule has 0 atom stereocenters. The lowest BCUT2D eigenvalue weighted by molar-refractivity contribution is 0.0620. The number of hydrogen-bond donors (Lipinski definition) is 1. The molecule has 2 heterocycles. The van der Waals surface area contributed by atoms with Crippen molar-refractivity contribution in [3.8, 4) is 0 Å². The maximum absolute atomic E-state index is 13.9. The molecule has 2 aromatic rings. The van der Waals surface area contributed by atoms with Crippen LogP contribution in [0.3, 0.4) is 0 Å². The first-order valence-corrected chi connectivity index (χ1v) is 7.93. The average Bonchev–Trinajstić information content (AvgIpc) is 3.03. The first kappa shape index (κ1) is 16.8. The Bertz CT molecular complexity index is 710. The number of carbonyl (C=O) groups excluding carboxylic acids is 1. The summed E-state index contributed by atoms with van der Waals surface area (Å²) < 4.78 is 18.8. The summed E-state index contributed by atoms with van der Waals surface area (Å²) in [6.07, 6.45) is 0. The van der Waals surface area contributed by atoms with Crippen LogP contribution < -0.4 is 5.73 Å². The number of amides is 1. The highest BCUT2D eigenvalue weighted by Crippen LogP contribution is 2.21. The molecule has 2 N–H and O–H groups in total. The zero-order valence-corrected chi connectivity index (χ0v) is 13.7. The highest BCUT2D eigenvalue weighted by Gasteiger charge is 2.26. The number of nitrogens with two attached hydrogens (primary N) is 1. The van der Waals surface area contributed by atoms with Crippen molar-refractivity contribution in [2.24, 2.45) is 5.73 Å². The van der Waals surface area contributed by atoms with Gasteiger partial charge < -0.3 is 15.2 Å². The molecule has 128 valence electrons. The number of benzene rings is 1. The molecular weight excluding hydrogens is 337 g/mol. The van der Waals surface area contributed by atoms with Crippen LogP contribution in [-0.2, 0) is 13.1 Å². The third kappa shape index (κ3) is 3.55. The minimum atomic E-state index is -0.601. The maximum Gasteiger partial charge on any atom is 0.258 e. The smallest absolute Gasteiger partial charge is 0.258 e. The summed E-state index contributed by atoms with van der Waals surface area (Å²) in [5, 5.41) is 3.98. The van der Waals surface area contributed by atoms with Gasteiger partial charge in [-0.1, -0.05) is 22.8 Å². The Kier molecular flexibility index (Phi) is 5.08. The van der Waals surface area contributed by atoms with E-state index in [-0.39, 0.29) is 23.0 Å². The maximum atomic E-state index is 13.9. The van der Waals surface area contributed by atoms with Crippen LogP contribution in [0.1, 0.15) is 22.1 Å². The molecule has 1 fully saturated rings. The second-order valence-electron chi connectivity index (χ2n) is 5.47. The molecule has 1 aliphatic rings. The van der Waals surface area contributed by atoms with Crippen LogP contribution in [0.25, 0.3) is 0 Å². The fourth-order valence-electron chi connectivity index (χ4n) is 2.61. The summed E-state index contributed by atoms with van der Waals surface area (Å²) in [6, 6.07) is 4.23. The quantitative estimate of drug-likeness (QED) is 0.890. The van der Waals surface area contributed by atoms with E-state index in [2.05, 4.69) is 15.0 Å². The third-order valence-corrected chi connectivity index (χ3v) is 4.20. The molecule has 1 aliphatic heterocycles. The standard InChI is InChI=1S/C15H17ClFN5O2/c16-10-2-1-3-11(17)14(10)15(23)22-6-4-21(5-7-22)9-12-19-13(8-18)24-20-12/h1-3H,4-9,18H2. The number of aromatic nitrogens is 2. The lowest BCUT2D eigenvalue weighted by atomic mass is 10.1. The SMILES string of the molecule is NCc1nc(CN2CCN(C(=O)c3c(F)cccc3Cl)CC2)no1. The Balaban J connectivity index is 1.59. The molecule has 9 heteroatoms. The predicted octanol–water partition coefficient (Wildman–Crippen LogP) is 1.28. The van der Waals surface area contributed by atoms with Gasteiger partial charge in [-0.3, -0.25) is 9.69 Å². The van der Waals surface area contributed by atoms with Gasteiger partial charge in [0.15, 0.2) is 5.82 Å². The van der Waals surface area contributed by atoms with Gasteiger partial charge in [-0.05, 0) is 12.1 Å². The molecule has 0 spiro atoms. The first-order valence-electron chi connectivity index (χ1n) is 7.55. The van der Waals surface area contributed by atoms with E-state index in [1.165, 1.54) is 18.2 Å². The number of piperazine rings is 1. The Morgan fingerprint density at radius 1 is 1.33 bits per heavy atom. The Labute approximate surface area is 143 Å². The van der Waals surface area contributed by atoms with Crippen LogP contribution in [0.15, 0.2) is 22.7 Å². The first-order chi connectivity index (χ1) is 11.6. The van der Waals surface area contributed by atoms with Crippen molar-refractivity contribution in [3.05, 3.63) is 46.3 Å². The van der Waals surface area contributed by atoms with E-state index in [0.717, 1.165) is 0 Å². The van der Waals surface area contributed by atoms with E-state index in [0.29, 0.717) is 44.4 Å². The van der Waals surface area contributed by atoms with Crippen LogP contribution in [0, 0.1) is 5.82 Å². The molecule has 7 nitrogen and oxygen atoms in total. The van der Waals surface area contributed by atoms with Crippen molar-refractivity contribution in [2.45, 2.75) is 13.1 Å². The highest BCUT2D eigenvalue weighted by atomic mass is 35.5. The van der Waals surface area contributed by atoms with E-state index in [4.69, 9.17) is 21.9 Å². The lowest BCUT2D eigenvalue weighted by Gasteiger charge is -2.34. The van der Waals surface area contributed by atoms with Crippen LogP contribution in [-0.4, -0.2) is 52.0 Å². The number of carbonyl (C=O) groups is 1. The van der Waals surface area contributed by atoms with Crippen LogP contribution in [0.4, 0.5) is 4.39 Å². The molecular formula is C15H17ClFN5O2. The molecule has 0 bridgehead atoms. The van der Waals surface area contributed by atoms with Crippen molar-refractivity contribution < 1.29 is 13.7 Å². The van der Waals surface area contributed by atoms with Crippen LogP contribution in [0.2, 0.25) is 5.02 Å². The van der Waals surface area contributed by atoms with Crippen molar-refractivity contribution >= 4 is 17.5 Å². The summed E-state index contributed by atoms with van der Waals surface area (Å²) in [5.74, 6) is -0.0286. The summed E-state index contributed by atoms with van der Waals surface area (Å²) >= 11 is 5.96. The van der Waals surface area contributed by atoms with Gasteiger partial charge >= 0.3 is 0 Å². The van der Waals surface area contributed by atoms with Crippen molar-refractivity contribution in [1.29, 1.82) is 0 Å². The molecule has 1 aromatic carbocycles. The summed E-state index contributed by atoms with van der Waals surface area (Å²) in [7, 11) is 0. The number of halogens is 2. The largest absolute Gasteiger partial charge is 0.338 e. The van der Waals surface area contributed by atoms with Crippen molar-refractivity contribution in [2.75, 3.05) is 26.2 Å². The molecule has 0 radical (unpaired) electrons. The van der Waals surface area contributed by atoms with E-state index < -0.39 is 5.82 Å². The normalized spacial score (nSPS) is 15.7. The topological polar surface area (TPSA) is 88.5 Å². The molecule has 0 unspecified atom stereocenters. The van der Waals surface area contributed by atoms with Gasteiger partial charge in [0, 0.05) is 26.2 Å². The van der Waals surface area contributed by atoms with Gasteiger partial charge in [0.1, 0.15) is 5.82 Å². The minimum absolute atomic E-state index is 0.0710. The molecule has 0 saturated carbocycles. The number of rotatable bonds is 4. The minimum Gasteiger partial charge on any atom is -0.338 e. The van der Waals surface area contributed by atoms with Gasteiger partial charge in [-0.2, -0.15) is 4.98 Å². The second-order valence-corrected chi connectivity index (χ2v) is 5.88. The summed E-state index contributed by atoms with van der Waals surface area (Å²) in [6.45, 7) is 2.94. The van der Waals surface area contributed by atoms with E-state index in [9.17, 15) is 9.18 Å². The second kappa shape index (κ2) is 7.25. The molecule has 1 saturated heterocycles. The molecule has 1 amide bonds. The Morgan fingerprint density at radius 2 is 2.08 bits per heavy atom. The highest BCUT2D eigenvalue weighted by molar-refractivity contribution is 6.33. The zero-order chi connectivity index (χ0) is 17.1. The van der Waals surface area contributed by atoms with Gasteiger partial charge in [0.25, 0.3) is 5.91 Å². The molecule has 1 aromatic heterocycles. The van der Waals surface area contributed by atoms with Crippen LogP contribution >= 0.6 is 11.6 Å². The molecule has 3 rings (SSSR count).